The lowest BCUT2D eigenvalue weighted by Crippen LogP contribution is -2.32. The molecule has 1 fully saturated rings. The lowest BCUT2D eigenvalue weighted by atomic mass is 10.1. The second kappa shape index (κ2) is 8.60. The molecular weight excluding hydrogens is 407 g/mol. The fraction of sp³-hybridized carbons (Fsp3) is 0.200. The van der Waals surface area contributed by atoms with E-state index in [4.69, 9.17) is 9.47 Å². The fourth-order valence-electron chi connectivity index (χ4n) is 2.60. The molecule has 3 rings (SSSR count). The molecule has 1 heterocycles. The van der Waals surface area contributed by atoms with Crippen molar-refractivity contribution in [2.24, 2.45) is 0 Å². The SMILES string of the molecule is COc1ccccc1OCCN1C(=O)S/C(=C\c2ccc(C(F)(F)F)cc2)C1=O. The molecule has 2 aromatic carbocycles. The Labute approximate surface area is 169 Å². The lowest BCUT2D eigenvalue weighted by Gasteiger charge is -2.14. The van der Waals surface area contributed by atoms with Crippen molar-refractivity contribution in [2.75, 3.05) is 20.3 Å². The zero-order valence-corrected chi connectivity index (χ0v) is 16.0. The van der Waals surface area contributed by atoms with E-state index in [1.165, 1.54) is 25.3 Å². The first-order valence-corrected chi connectivity index (χ1v) is 9.29. The number of hydrogen-bond donors (Lipinski definition) is 0. The summed E-state index contributed by atoms with van der Waals surface area (Å²) in [6.45, 7) is 0.110. The summed E-state index contributed by atoms with van der Waals surface area (Å²) in [5, 5.41) is -0.461. The molecule has 9 heteroatoms. The van der Waals surface area contributed by atoms with E-state index in [0.717, 1.165) is 28.8 Å². The first-order chi connectivity index (χ1) is 13.8. The minimum atomic E-state index is -4.43. The van der Waals surface area contributed by atoms with Crippen LogP contribution < -0.4 is 9.47 Å². The van der Waals surface area contributed by atoms with E-state index in [-0.39, 0.29) is 18.1 Å². The van der Waals surface area contributed by atoms with Crippen LogP contribution in [0.25, 0.3) is 6.08 Å². The standard InChI is InChI=1S/C20H16F3NO4S/c1-27-15-4-2-3-5-16(15)28-11-10-24-18(25)17(29-19(24)26)12-13-6-8-14(9-7-13)20(21,22)23/h2-9,12H,10-11H2,1H3/b17-12-. The highest BCUT2D eigenvalue weighted by atomic mass is 32.2. The summed E-state index contributed by atoms with van der Waals surface area (Å²) in [5.41, 5.74) is -0.384. The molecule has 2 amide bonds. The number of carbonyl (C=O) groups excluding carboxylic acids is 2. The molecular formula is C20H16F3NO4S. The van der Waals surface area contributed by atoms with Crippen LogP contribution in [0, 0.1) is 0 Å². The summed E-state index contributed by atoms with van der Waals surface area (Å²) in [6.07, 6.45) is -3.04. The van der Waals surface area contributed by atoms with Gasteiger partial charge < -0.3 is 9.47 Å². The van der Waals surface area contributed by atoms with Crippen molar-refractivity contribution in [3.63, 3.8) is 0 Å². The van der Waals surface area contributed by atoms with Gasteiger partial charge in [-0.05, 0) is 47.7 Å². The number of imide groups is 1. The molecule has 152 valence electrons. The maximum Gasteiger partial charge on any atom is 0.416 e. The molecule has 2 aromatic rings. The Morgan fingerprint density at radius 3 is 2.31 bits per heavy atom. The van der Waals surface area contributed by atoms with Gasteiger partial charge in [0.05, 0.1) is 24.1 Å². The summed E-state index contributed by atoms with van der Waals surface area (Å²) in [5.74, 6) is 0.509. The van der Waals surface area contributed by atoms with E-state index < -0.39 is 22.9 Å². The zero-order valence-electron chi connectivity index (χ0n) is 15.2. The van der Waals surface area contributed by atoms with E-state index in [2.05, 4.69) is 0 Å². The van der Waals surface area contributed by atoms with Crippen LogP contribution in [-0.2, 0) is 11.0 Å². The zero-order chi connectivity index (χ0) is 21.0. The number of benzene rings is 2. The van der Waals surface area contributed by atoms with Crippen molar-refractivity contribution in [3.05, 3.63) is 64.6 Å². The molecule has 0 radical (unpaired) electrons. The number of ether oxygens (including phenoxy) is 2. The van der Waals surface area contributed by atoms with E-state index in [9.17, 15) is 22.8 Å². The molecule has 0 aromatic heterocycles. The maximum atomic E-state index is 12.6. The van der Waals surface area contributed by atoms with Gasteiger partial charge in [-0.1, -0.05) is 24.3 Å². The number of carbonyl (C=O) groups is 2. The highest BCUT2D eigenvalue weighted by Gasteiger charge is 2.35. The molecule has 0 atom stereocenters. The van der Waals surface area contributed by atoms with E-state index in [1.54, 1.807) is 24.3 Å². The van der Waals surface area contributed by atoms with E-state index in [1.807, 2.05) is 0 Å². The van der Waals surface area contributed by atoms with Crippen molar-refractivity contribution in [1.29, 1.82) is 0 Å². The van der Waals surface area contributed by atoms with Gasteiger partial charge in [-0.15, -0.1) is 0 Å². The summed E-state index contributed by atoms with van der Waals surface area (Å²) in [7, 11) is 1.50. The number of rotatable bonds is 6. The van der Waals surface area contributed by atoms with Crippen LogP contribution >= 0.6 is 11.8 Å². The highest BCUT2D eigenvalue weighted by molar-refractivity contribution is 8.18. The Balaban J connectivity index is 1.64. The van der Waals surface area contributed by atoms with Crippen molar-refractivity contribution < 1.29 is 32.2 Å². The minimum Gasteiger partial charge on any atom is -0.493 e. The molecule has 0 spiro atoms. The molecule has 0 unspecified atom stereocenters. The third-order valence-corrected chi connectivity index (χ3v) is 4.96. The van der Waals surface area contributed by atoms with Crippen LogP contribution in [0.5, 0.6) is 11.5 Å². The third kappa shape index (κ3) is 4.92. The second-order valence-corrected chi connectivity index (χ2v) is 6.95. The minimum absolute atomic E-state index is 0.0348. The monoisotopic (exact) mass is 423 g/mol. The van der Waals surface area contributed by atoms with Gasteiger partial charge in [0, 0.05) is 0 Å². The predicted octanol–water partition coefficient (Wildman–Crippen LogP) is 4.83. The number of thioether (sulfide) groups is 1. The van der Waals surface area contributed by atoms with Gasteiger partial charge in [0.1, 0.15) is 6.61 Å². The molecule has 0 bridgehead atoms. The average molecular weight is 423 g/mol. The number of alkyl halides is 3. The number of halogens is 3. The summed E-state index contributed by atoms with van der Waals surface area (Å²) < 4.78 is 48.6. The van der Waals surface area contributed by atoms with Crippen molar-refractivity contribution in [3.8, 4) is 11.5 Å². The van der Waals surface area contributed by atoms with Crippen molar-refractivity contribution in [1.82, 2.24) is 4.90 Å². The predicted molar refractivity (Wildman–Crippen MR) is 103 cm³/mol. The Bertz CT molecular complexity index is 941. The van der Waals surface area contributed by atoms with Gasteiger partial charge >= 0.3 is 6.18 Å². The van der Waals surface area contributed by atoms with Crippen molar-refractivity contribution in [2.45, 2.75) is 6.18 Å². The normalized spacial score (nSPS) is 15.9. The molecule has 1 saturated heterocycles. The number of amides is 2. The molecule has 0 N–H and O–H groups in total. The van der Waals surface area contributed by atoms with Gasteiger partial charge in [-0.25, -0.2) is 0 Å². The smallest absolute Gasteiger partial charge is 0.416 e. The summed E-state index contributed by atoms with van der Waals surface area (Å²) >= 11 is 0.736. The molecule has 1 aliphatic heterocycles. The summed E-state index contributed by atoms with van der Waals surface area (Å²) in [4.78, 5) is 25.8. The third-order valence-electron chi connectivity index (χ3n) is 4.05. The molecule has 1 aliphatic rings. The largest absolute Gasteiger partial charge is 0.493 e. The van der Waals surface area contributed by atoms with Crippen LogP contribution in [0.4, 0.5) is 18.0 Å². The van der Waals surface area contributed by atoms with Gasteiger partial charge in [0.25, 0.3) is 11.1 Å². The Morgan fingerprint density at radius 1 is 1.03 bits per heavy atom. The van der Waals surface area contributed by atoms with Crippen LogP contribution in [0.15, 0.2) is 53.4 Å². The number of nitrogens with zero attached hydrogens (tertiary/aromatic N) is 1. The Kier molecular flexibility index (Phi) is 6.17. The molecule has 29 heavy (non-hydrogen) atoms. The van der Waals surface area contributed by atoms with Crippen LogP contribution in [0.3, 0.4) is 0 Å². The number of hydrogen-bond acceptors (Lipinski definition) is 5. The van der Waals surface area contributed by atoms with Crippen LogP contribution in [-0.4, -0.2) is 36.3 Å². The van der Waals surface area contributed by atoms with Crippen LogP contribution in [0.1, 0.15) is 11.1 Å². The number of methoxy groups -OCH3 is 1. The molecule has 0 aliphatic carbocycles. The maximum absolute atomic E-state index is 12.6. The van der Waals surface area contributed by atoms with Gasteiger partial charge in [0.15, 0.2) is 11.5 Å². The average Bonchev–Trinajstić information content (AvgIpc) is 2.95. The topological polar surface area (TPSA) is 55.8 Å². The summed E-state index contributed by atoms with van der Waals surface area (Å²) in [6, 6.07) is 11.3. The van der Waals surface area contributed by atoms with Gasteiger partial charge in [0.2, 0.25) is 0 Å². The Hall–Kier alpha value is -2.94. The fourth-order valence-corrected chi connectivity index (χ4v) is 3.46. The van der Waals surface area contributed by atoms with Crippen LogP contribution in [0.2, 0.25) is 0 Å². The Morgan fingerprint density at radius 2 is 1.69 bits per heavy atom. The van der Waals surface area contributed by atoms with E-state index in [0.29, 0.717) is 17.1 Å². The second-order valence-electron chi connectivity index (χ2n) is 5.95. The lowest BCUT2D eigenvalue weighted by molar-refractivity contribution is -0.137. The first kappa shape index (κ1) is 20.8. The van der Waals surface area contributed by atoms with E-state index >= 15 is 0 Å². The quantitative estimate of drug-likeness (QED) is 0.623. The van der Waals surface area contributed by atoms with Crippen molar-refractivity contribution >= 4 is 29.0 Å². The van der Waals surface area contributed by atoms with Gasteiger partial charge in [-0.3, -0.25) is 14.5 Å². The molecule has 5 nitrogen and oxygen atoms in total. The highest BCUT2D eigenvalue weighted by Crippen LogP contribution is 2.33. The molecule has 0 saturated carbocycles. The number of para-hydroxylation sites is 2. The van der Waals surface area contributed by atoms with Gasteiger partial charge in [-0.2, -0.15) is 13.2 Å². The first-order valence-electron chi connectivity index (χ1n) is 8.48.